The Kier molecular flexibility index (Phi) is 8.94. The molecule has 1 saturated heterocycles. The number of pyridine rings is 2. The van der Waals surface area contributed by atoms with E-state index in [9.17, 15) is 23.1 Å². The van der Waals surface area contributed by atoms with E-state index in [0.29, 0.717) is 24.8 Å². The van der Waals surface area contributed by atoms with Gasteiger partial charge in [0.2, 0.25) is 5.91 Å². The van der Waals surface area contributed by atoms with Crippen LogP contribution in [-0.2, 0) is 14.8 Å². The highest BCUT2D eigenvalue weighted by atomic mass is 32.2. The van der Waals surface area contributed by atoms with E-state index in [0.717, 1.165) is 10.9 Å². The molecule has 1 aliphatic heterocycles. The molecule has 3 heterocycles. The van der Waals surface area contributed by atoms with Crippen LogP contribution in [-0.4, -0.2) is 70.4 Å². The average Bonchev–Trinajstić information content (AvgIpc) is 3.06. The molecule has 4 rings (SSSR count). The molecule has 10 nitrogen and oxygen atoms in total. The predicted molar refractivity (Wildman–Crippen MR) is 147 cm³/mol. The summed E-state index contributed by atoms with van der Waals surface area (Å²) >= 11 is 0. The molecule has 1 aliphatic rings. The summed E-state index contributed by atoms with van der Waals surface area (Å²) in [7, 11) is -3.93. The molecule has 1 unspecified atom stereocenters. The Morgan fingerprint density at radius 3 is 2.56 bits per heavy atom. The van der Waals surface area contributed by atoms with Crippen molar-refractivity contribution >= 4 is 32.7 Å². The number of carbonyl (C=O) groups excluding carboxylic acids is 2. The van der Waals surface area contributed by atoms with Crippen LogP contribution < -0.4 is 10.6 Å². The summed E-state index contributed by atoms with van der Waals surface area (Å²) in [4.78, 5) is 34.7. The van der Waals surface area contributed by atoms with Crippen molar-refractivity contribution in [2.45, 2.75) is 69.3 Å². The number of benzene rings is 1. The number of carbonyl (C=O) groups is 2. The maximum absolute atomic E-state index is 13.4. The number of amides is 2. The number of fused-ring (bicyclic) bond motifs is 1. The first-order valence-electron chi connectivity index (χ1n) is 13.1. The highest BCUT2D eigenvalue weighted by molar-refractivity contribution is 7.89. The molecule has 1 fully saturated rings. The summed E-state index contributed by atoms with van der Waals surface area (Å²) in [5, 5.41) is 17.4. The van der Waals surface area contributed by atoms with Gasteiger partial charge >= 0.3 is 0 Å². The maximum Gasteiger partial charge on any atom is 0.260 e. The summed E-state index contributed by atoms with van der Waals surface area (Å²) in [6.07, 6.45) is 3.16. The number of β-amino-alcohol motifs (C(OH)–C–C–N with tert-alkyl or cyclic N) is 1. The van der Waals surface area contributed by atoms with Gasteiger partial charge in [0.25, 0.3) is 15.9 Å². The number of aromatic nitrogens is 2. The zero-order valence-corrected chi connectivity index (χ0v) is 23.1. The molecule has 1 aromatic carbocycles. The third-order valence-electron chi connectivity index (χ3n) is 6.95. The van der Waals surface area contributed by atoms with Crippen molar-refractivity contribution in [1.82, 2.24) is 24.9 Å². The maximum atomic E-state index is 13.4. The fourth-order valence-corrected chi connectivity index (χ4v) is 6.43. The second-order valence-electron chi connectivity index (χ2n) is 10.4. The van der Waals surface area contributed by atoms with Crippen molar-refractivity contribution in [2.75, 3.05) is 6.54 Å². The van der Waals surface area contributed by atoms with Crippen LogP contribution in [0.3, 0.4) is 0 Å². The Bertz CT molecular complexity index is 1420. The smallest absolute Gasteiger partial charge is 0.260 e. The zero-order chi connectivity index (χ0) is 28.2. The number of hydrogen-bond donors (Lipinski definition) is 3. The van der Waals surface area contributed by atoms with Gasteiger partial charge in [0, 0.05) is 35.9 Å². The van der Waals surface area contributed by atoms with Crippen molar-refractivity contribution in [2.24, 2.45) is 5.92 Å². The number of nitrogens with zero attached hydrogens (tertiary/aromatic N) is 3. The third kappa shape index (κ3) is 6.78. The fourth-order valence-electron chi connectivity index (χ4n) is 4.82. The normalized spacial score (nSPS) is 21.3. The van der Waals surface area contributed by atoms with E-state index in [1.165, 1.54) is 16.6 Å². The van der Waals surface area contributed by atoms with Crippen LogP contribution in [0, 0.1) is 5.92 Å². The van der Waals surface area contributed by atoms with E-state index in [4.69, 9.17) is 0 Å². The SMILES string of the molecule is CC(C)C[C@H](NC(=O)c1ccc2ncccc2c1)C(=O)N[C@H]1CC[C@@H](C)N(S(=O)(=O)c2ccccn2)CC1O. The van der Waals surface area contributed by atoms with E-state index in [-0.39, 0.29) is 23.4 Å². The Balaban J connectivity index is 1.47. The zero-order valence-electron chi connectivity index (χ0n) is 22.3. The minimum atomic E-state index is -3.93. The monoisotopic (exact) mass is 553 g/mol. The summed E-state index contributed by atoms with van der Waals surface area (Å²) in [6, 6.07) is 11.6. The fraction of sp³-hybridized carbons (Fsp3) is 0.429. The van der Waals surface area contributed by atoms with E-state index in [2.05, 4.69) is 20.6 Å². The third-order valence-corrected chi connectivity index (χ3v) is 8.85. The van der Waals surface area contributed by atoms with Gasteiger partial charge in [0.05, 0.1) is 17.7 Å². The van der Waals surface area contributed by atoms with Gasteiger partial charge in [0.1, 0.15) is 6.04 Å². The Morgan fingerprint density at radius 2 is 1.85 bits per heavy atom. The summed E-state index contributed by atoms with van der Waals surface area (Å²) in [6.45, 7) is 5.50. The standard InChI is InChI=1S/C28H35N5O5S/c1-18(2)15-24(32-27(35)21-10-12-22-20(16-21)7-6-14-29-22)28(36)31-23-11-9-19(3)33(17-25(23)34)39(37,38)26-8-4-5-13-30-26/h4-8,10,12-14,16,18-19,23-25,34H,9,11,15,17H2,1-3H3,(H,31,36)(H,32,35)/t19-,23+,24+,25?/m1/s1. The van der Waals surface area contributed by atoms with Crippen LogP contribution in [0.4, 0.5) is 0 Å². The van der Waals surface area contributed by atoms with Crippen molar-refractivity contribution in [1.29, 1.82) is 0 Å². The molecule has 11 heteroatoms. The second kappa shape index (κ2) is 12.2. The minimum absolute atomic E-state index is 0.0873. The molecular formula is C28H35N5O5S. The van der Waals surface area contributed by atoms with Gasteiger partial charge in [-0.3, -0.25) is 14.6 Å². The lowest BCUT2D eigenvalue weighted by Crippen LogP contribution is -2.54. The number of sulfonamides is 1. The molecule has 3 N–H and O–H groups in total. The van der Waals surface area contributed by atoms with Crippen LogP contribution in [0.25, 0.3) is 10.9 Å². The lowest BCUT2D eigenvalue weighted by atomic mass is 10.00. The molecule has 0 saturated carbocycles. The number of aliphatic hydroxyl groups is 1. The molecule has 0 spiro atoms. The van der Waals surface area contributed by atoms with Gasteiger partial charge in [-0.2, -0.15) is 4.31 Å². The molecule has 208 valence electrons. The van der Waals surface area contributed by atoms with E-state index < -0.39 is 40.2 Å². The second-order valence-corrected chi connectivity index (χ2v) is 12.3. The molecule has 2 aromatic heterocycles. The molecule has 3 aromatic rings. The highest BCUT2D eigenvalue weighted by Crippen LogP contribution is 2.24. The average molecular weight is 554 g/mol. The van der Waals surface area contributed by atoms with Crippen molar-refractivity contribution in [3.8, 4) is 0 Å². The number of aliphatic hydroxyl groups excluding tert-OH is 1. The quantitative estimate of drug-likeness (QED) is 0.389. The topological polar surface area (TPSA) is 142 Å². The summed E-state index contributed by atoms with van der Waals surface area (Å²) in [5.74, 6) is -0.693. The molecular weight excluding hydrogens is 518 g/mol. The molecule has 39 heavy (non-hydrogen) atoms. The van der Waals surface area contributed by atoms with Crippen LogP contribution in [0.5, 0.6) is 0 Å². The van der Waals surface area contributed by atoms with Gasteiger partial charge in [-0.15, -0.1) is 0 Å². The van der Waals surface area contributed by atoms with Gasteiger partial charge in [-0.25, -0.2) is 13.4 Å². The number of hydrogen-bond acceptors (Lipinski definition) is 7. The predicted octanol–water partition coefficient (Wildman–Crippen LogP) is 2.49. The van der Waals surface area contributed by atoms with Gasteiger partial charge in [0.15, 0.2) is 5.03 Å². The lowest BCUT2D eigenvalue weighted by Gasteiger charge is -2.28. The van der Waals surface area contributed by atoms with E-state index in [1.54, 1.807) is 49.5 Å². The van der Waals surface area contributed by atoms with Gasteiger partial charge in [-0.05, 0) is 68.5 Å². The molecule has 4 atom stereocenters. The van der Waals surface area contributed by atoms with Crippen LogP contribution in [0.1, 0.15) is 50.4 Å². The summed E-state index contributed by atoms with van der Waals surface area (Å²) in [5.41, 5.74) is 1.18. The van der Waals surface area contributed by atoms with E-state index >= 15 is 0 Å². The molecule has 0 radical (unpaired) electrons. The Morgan fingerprint density at radius 1 is 1.08 bits per heavy atom. The first-order valence-corrected chi connectivity index (χ1v) is 14.6. The highest BCUT2D eigenvalue weighted by Gasteiger charge is 2.38. The van der Waals surface area contributed by atoms with Crippen molar-refractivity contribution in [3.05, 3.63) is 66.5 Å². The molecule has 0 aliphatic carbocycles. The van der Waals surface area contributed by atoms with Gasteiger partial charge in [-0.1, -0.05) is 26.0 Å². The number of rotatable bonds is 8. The Labute approximate surface area is 228 Å². The molecule has 0 bridgehead atoms. The van der Waals surface area contributed by atoms with Crippen LogP contribution in [0.2, 0.25) is 0 Å². The first-order chi connectivity index (χ1) is 18.6. The summed E-state index contributed by atoms with van der Waals surface area (Å²) < 4.78 is 27.7. The largest absolute Gasteiger partial charge is 0.390 e. The van der Waals surface area contributed by atoms with Crippen molar-refractivity contribution < 1.29 is 23.1 Å². The van der Waals surface area contributed by atoms with Crippen LogP contribution >= 0.6 is 0 Å². The molecule has 2 amide bonds. The van der Waals surface area contributed by atoms with Gasteiger partial charge < -0.3 is 15.7 Å². The first kappa shape index (κ1) is 28.6. The minimum Gasteiger partial charge on any atom is -0.390 e. The lowest BCUT2D eigenvalue weighted by molar-refractivity contribution is -0.125. The Hall–Kier alpha value is -3.41. The number of nitrogens with one attached hydrogen (secondary N) is 2. The van der Waals surface area contributed by atoms with E-state index in [1.807, 2.05) is 19.9 Å². The van der Waals surface area contributed by atoms with Crippen LogP contribution in [0.15, 0.2) is 66.0 Å². The van der Waals surface area contributed by atoms with Crippen molar-refractivity contribution in [3.63, 3.8) is 0 Å².